The van der Waals surface area contributed by atoms with Crippen molar-refractivity contribution < 1.29 is 14.3 Å². The lowest BCUT2D eigenvalue weighted by Crippen LogP contribution is -2.35. The molecule has 0 bridgehead atoms. The first-order valence-electron chi connectivity index (χ1n) is 9.53. The number of thiophene rings is 1. The third kappa shape index (κ3) is 4.16. The normalized spacial score (nSPS) is 14.6. The predicted octanol–water partition coefficient (Wildman–Crippen LogP) is 3.63. The van der Waals surface area contributed by atoms with Crippen molar-refractivity contribution >= 4 is 45.5 Å². The number of esters is 1. The van der Waals surface area contributed by atoms with Crippen LogP contribution in [0, 0.1) is 6.92 Å². The lowest BCUT2D eigenvalue weighted by atomic mass is 10.1. The van der Waals surface area contributed by atoms with Crippen LogP contribution in [0.3, 0.4) is 0 Å². The first kappa shape index (κ1) is 20.3. The van der Waals surface area contributed by atoms with Crippen LogP contribution in [0.25, 0.3) is 10.2 Å². The molecular formula is C20H26N4O3S. The van der Waals surface area contributed by atoms with Gasteiger partial charge in [0.15, 0.2) is 0 Å². The number of aromatic nitrogens is 1. The average Bonchev–Trinajstić information content (AvgIpc) is 3.04. The predicted molar refractivity (Wildman–Crippen MR) is 112 cm³/mol. The molecule has 7 nitrogen and oxygen atoms in total. The van der Waals surface area contributed by atoms with E-state index in [9.17, 15) is 9.59 Å². The number of rotatable bonds is 5. The summed E-state index contributed by atoms with van der Waals surface area (Å²) in [5, 5.41) is 0.632. The fourth-order valence-corrected chi connectivity index (χ4v) is 4.36. The highest BCUT2D eigenvalue weighted by molar-refractivity contribution is 7.21. The number of hydrogen-bond acceptors (Lipinski definition) is 6. The quantitative estimate of drug-likeness (QED) is 0.434. The number of carbonyl (C=O) groups is 2. The standard InChI is InChI=1S/C20H26N4O3S/c1-5-27-20(26)17-16(21-12-23(3)4)15-14(11-13(2)22-18(15)28-17)19(25)24-9-7-6-8-10-24/h11-12H,5-10H2,1-4H3. The van der Waals surface area contributed by atoms with E-state index in [1.807, 2.05) is 25.9 Å². The zero-order chi connectivity index (χ0) is 20.3. The van der Waals surface area contributed by atoms with Gasteiger partial charge in [-0.1, -0.05) is 0 Å². The molecule has 0 spiro atoms. The molecule has 2 aromatic heterocycles. The van der Waals surface area contributed by atoms with Crippen molar-refractivity contribution in [3.05, 3.63) is 22.2 Å². The number of pyridine rings is 1. The Balaban J connectivity index is 2.20. The van der Waals surface area contributed by atoms with Crippen LogP contribution >= 0.6 is 11.3 Å². The maximum absolute atomic E-state index is 13.3. The van der Waals surface area contributed by atoms with Crippen LogP contribution < -0.4 is 0 Å². The molecule has 3 rings (SSSR count). The van der Waals surface area contributed by atoms with E-state index in [4.69, 9.17) is 4.74 Å². The molecule has 0 unspecified atom stereocenters. The summed E-state index contributed by atoms with van der Waals surface area (Å²) < 4.78 is 5.21. The first-order valence-corrected chi connectivity index (χ1v) is 10.3. The van der Waals surface area contributed by atoms with E-state index in [1.165, 1.54) is 11.3 Å². The van der Waals surface area contributed by atoms with E-state index in [0.29, 0.717) is 26.3 Å². The molecule has 8 heteroatoms. The Morgan fingerprint density at radius 1 is 1.32 bits per heavy atom. The van der Waals surface area contributed by atoms with Crippen molar-refractivity contribution in [2.24, 2.45) is 4.99 Å². The molecule has 3 heterocycles. The molecule has 0 saturated carbocycles. The number of amides is 1. The Kier molecular flexibility index (Phi) is 6.28. The van der Waals surface area contributed by atoms with E-state index < -0.39 is 5.97 Å². The van der Waals surface area contributed by atoms with Crippen LogP contribution in [-0.2, 0) is 4.74 Å². The van der Waals surface area contributed by atoms with Gasteiger partial charge in [-0.05, 0) is 39.2 Å². The number of hydrogen-bond donors (Lipinski definition) is 0. The molecule has 0 radical (unpaired) electrons. The van der Waals surface area contributed by atoms with Crippen LogP contribution in [0.1, 0.15) is 51.9 Å². The van der Waals surface area contributed by atoms with Gasteiger partial charge >= 0.3 is 5.97 Å². The minimum atomic E-state index is -0.439. The molecule has 0 N–H and O–H groups in total. The molecule has 1 fully saturated rings. The minimum Gasteiger partial charge on any atom is -0.462 e. The molecule has 2 aromatic rings. The van der Waals surface area contributed by atoms with Crippen molar-refractivity contribution in [2.45, 2.75) is 33.1 Å². The molecule has 1 amide bonds. The summed E-state index contributed by atoms with van der Waals surface area (Å²) >= 11 is 1.23. The van der Waals surface area contributed by atoms with Gasteiger partial charge in [-0.3, -0.25) is 4.79 Å². The second kappa shape index (κ2) is 8.68. The maximum Gasteiger partial charge on any atom is 0.350 e. The lowest BCUT2D eigenvalue weighted by Gasteiger charge is -2.27. The van der Waals surface area contributed by atoms with Crippen LogP contribution in [0.2, 0.25) is 0 Å². The van der Waals surface area contributed by atoms with Crippen molar-refractivity contribution in [3.63, 3.8) is 0 Å². The zero-order valence-electron chi connectivity index (χ0n) is 16.8. The molecule has 1 saturated heterocycles. The van der Waals surface area contributed by atoms with Crippen molar-refractivity contribution in [1.29, 1.82) is 0 Å². The highest BCUT2D eigenvalue weighted by Crippen LogP contribution is 2.40. The maximum atomic E-state index is 13.3. The van der Waals surface area contributed by atoms with Gasteiger partial charge in [0.1, 0.15) is 15.4 Å². The summed E-state index contributed by atoms with van der Waals surface area (Å²) in [6.45, 7) is 5.41. The van der Waals surface area contributed by atoms with Crippen LogP contribution in [0.4, 0.5) is 5.69 Å². The first-order chi connectivity index (χ1) is 13.4. The minimum absolute atomic E-state index is 0.0234. The number of likely N-dealkylation sites (tertiary alicyclic amines) is 1. The number of ether oxygens (including phenoxy) is 1. The van der Waals surface area contributed by atoms with Gasteiger partial charge in [0, 0.05) is 32.9 Å². The van der Waals surface area contributed by atoms with Gasteiger partial charge in [-0.15, -0.1) is 11.3 Å². The zero-order valence-corrected chi connectivity index (χ0v) is 17.6. The summed E-state index contributed by atoms with van der Waals surface area (Å²) in [5.41, 5.74) is 1.76. The van der Waals surface area contributed by atoms with E-state index in [1.54, 1.807) is 24.2 Å². The summed E-state index contributed by atoms with van der Waals surface area (Å²) in [5.74, 6) is -0.463. The molecule has 0 aromatic carbocycles. The summed E-state index contributed by atoms with van der Waals surface area (Å²) in [7, 11) is 3.70. The molecule has 0 atom stereocenters. The summed E-state index contributed by atoms with van der Waals surface area (Å²) in [6.07, 6.45) is 4.81. The van der Waals surface area contributed by atoms with Gasteiger partial charge in [0.2, 0.25) is 0 Å². The fourth-order valence-electron chi connectivity index (χ4n) is 3.27. The second-order valence-corrected chi connectivity index (χ2v) is 8.05. The number of fused-ring (bicyclic) bond motifs is 1. The van der Waals surface area contributed by atoms with Crippen molar-refractivity contribution in [2.75, 3.05) is 33.8 Å². The van der Waals surface area contributed by atoms with E-state index >= 15 is 0 Å². The third-order valence-corrected chi connectivity index (χ3v) is 5.57. The second-order valence-electron chi connectivity index (χ2n) is 7.05. The summed E-state index contributed by atoms with van der Waals surface area (Å²) in [4.78, 5) is 39.6. The highest BCUT2D eigenvalue weighted by atomic mass is 32.1. The van der Waals surface area contributed by atoms with Crippen LogP contribution in [0.5, 0.6) is 0 Å². The molecule has 1 aliphatic heterocycles. The Bertz CT molecular complexity index is 914. The summed E-state index contributed by atoms with van der Waals surface area (Å²) in [6, 6.07) is 1.80. The Hall–Kier alpha value is -2.48. The molecule has 150 valence electrons. The van der Waals surface area contributed by atoms with Crippen molar-refractivity contribution in [1.82, 2.24) is 14.8 Å². The SMILES string of the molecule is CCOC(=O)c1sc2nc(C)cc(C(=O)N3CCCCC3)c2c1N=CN(C)C. The number of piperidine rings is 1. The average molecular weight is 403 g/mol. The number of aryl methyl sites for hydroxylation is 1. The van der Waals surface area contributed by atoms with Gasteiger partial charge in [-0.25, -0.2) is 14.8 Å². The lowest BCUT2D eigenvalue weighted by molar-refractivity contribution is 0.0532. The number of carbonyl (C=O) groups excluding carboxylic acids is 2. The fraction of sp³-hybridized carbons (Fsp3) is 0.500. The molecule has 0 aliphatic carbocycles. The van der Waals surface area contributed by atoms with Gasteiger partial charge in [0.25, 0.3) is 5.91 Å². The number of aliphatic imine (C=N–C) groups is 1. The monoisotopic (exact) mass is 402 g/mol. The van der Waals surface area contributed by atoms with Gasteiger partial charge < -0.3 is 14.5 Å². The Labute approximate surface area is 169 Å². The molecular weight excluding hydrogens is 376 g/mol. The van der Waals surface area contributed by atoms with Crippen LogP contribution in [0.15, 0.2) is 11.1 Å². The third-order valence-electron chi connectivity index (χ3n) is 4.52. The van der Waals surface area contributed by atoms with Gasteiger partial charge in [0.05, 0.1) is 23.9 Å². The topological polar surface area (TPSA) is 75.1 Å². The smallest absolute Gasteiger partial charge is 0.350 e. The molecule has 1 aliphatic rings. The highest BCUT2D eigenvalue weighted by Gasteiger charge is 2.27. The van der Waals surface area contributed by atoms with Gasteiger partial charge in [-0.2, -0.15) is 0 Å². The number of nitrogens with zero attached hydrogens (tertiary/aromatic N) is 4. The van der Waals surface area contributed by atoms with Crippen LogP contribution in [-0.4, -0.2) is 66.8 Å². The van der Waals surface area contributed by atoms with E-state index in [0.717, 1.165) is 38.0 Å². The van der Waals surface area contributed by atoms with Crippen molar-refractivity contribution in [3.8, 4) is 0 Å². The largest absolute Gasteiger partial charge is 0.462 e. The molecule has 28 heavy (non-hydrogen) atoms. The van der Waals surface area contributed by atoms with E-state index in [2.05, 4.69) is 9.98 Å². The Morgan fingerprint density at radius 3 is 2.68 bits per heavy atom. The van der Waals surface area contributed by atoms with E-state index in [-0.39, 0.29) is 12.5 Å². The Morgan fingerprint density at radius 2 is 2.04 bits per heavy atom.